The molecule has 0 aromatic rings. The molecule has 7 heteroatoms. The second-order valence-corrected chi connectivity index (χ2v) is 5.68. The van der Waals surface area contributed by atoms with Crippen LogP contribution in [0.1, 0.15) is 19.8 Å². The van der Waals surface area contributed by atoms with Crippen LogP contribution in [-0.4, -0.2) is 85.2 Å². The molecule has 0 aromatic heterocycles. The molecule has 2 aliphatic rings. The first-order valence-electron chi connectivity index (χ1n) is 7.77. The first-order valence-corrected chi connectivity index (χ1v) is 7.77. The Morgan fingerprint density at radius 2 is 1.62 bits per heavy atom. The molecular formula is C14H26N4O3. The predicted molar refractivity (Wildman–Crippen MR) is 78.8 cm³/mol. The van der Waals surface area contributed by atoms with Gasteiger partial charge in [-0.15, -0.1) is 0 Å². The number of ether oxygens (including phenoxy) is 1. The molecule has 2 heterocycles. The first-order chi connectivity index (χ1) is 10.1. The van der Waals surface area contributed by atoms with E-state index in [2.05, 4.69) is 4.90 Å². The Hall–Kier alpha value is -1.34. The van der Waals surface area contributed by atoms with Crippen molar-refractivity contribution >= 4 is 12.0 Å². The van der Waals surface area contributed by atoms with Gasteiger partial charge in [0.1, 0.15) is 0 Å². The quantitative estimate of drug-likeness (QED) is 0.774. The molecule has 0 saturated carbocycles. The number of nitrogens with zero attached hydrogens (tertiary/aromatic N) is 3. The van der Waals surface area contributed by atoms with Gasteiger partial charge in [-0.05, 0) is 19.8 Å². The molecule has 2 N–H and O–H groups in total. The summed E-state index contributed by atoms with van der Waals surface area (Å²) in [6, 6.07) is 0.282. The molecule has 2 fully saturated rings. The van der Waals surface area contributed by atoms with E-state index in [-0.39, 0.29) is 18.0 Å². The van der Waals surface area contributed by atoms with E-state index in [1.807, 2.05) is 4.90 Å². The van der Waals surface area contributed by atoms with Crippen LogP contribution in [0.2, 0.25) is 0 Å². The zero-order valence-corrected chi connectivity index (χ0v) is 12.8. The van der Waals surface area contributed by atoms with Crippen molar-refractivity contribution in [3.05, 3.63) is 0 Å². The van der Waals surface area contributed by atoms with Crippen LogP contribution in [-0.2, 0) is 9.53 Å². The van der Waals surface area contributed by atoms with Gasteiger partial charge in [0.05, 0.1) is 13.2 Å². The average molecular weight is 298 g/mol. The number of hydrogen-bond donors (Lipinski definition) is 1. The maximum atomic E-state index is 12.3. The van der Waals surface area contributed by atoms with Crippen molar-refractivity contribution in [2.45, 2.75) is 25.8 Å². The number of carbonyl (C=O) groups excluding carboxylic acids is 2. The van der Waals surface area contributed by atoms with Crippen molar-refractivity contribution in [2.75, 3.05) is 52.4 Å². The van der Waals surface area contributed by atoms with Gasteiger partial charge in [-0.1, -0.05) is 0 Å². The molecule has 0 radical (unpaired) electrons. The van der Waals surface area contributed by atoms with E-state index in [1.54, 1.807) is 11.8 Å². The van der Waals surface area contributed by atoms with Crippen LogP contribution in [0.5, 0.6) is 0 Å². The highest BCUT2D eigenvalue weighted by atomic mass is 16.6. The van der Waals surface area contributed by atoms with E-state index in [0.717, 1.165) is 25.9 Å². The molecule has 7 nitrogen and oxygen atoms in total. The third-order valence-electron chi connectivity index (χ3n) is 4.15. The van der Waals surface area contributed by atoms with Gasteiger partial charge in [-0.25, -0.2) is 4.79 Å². The summed E-state index contributed by atoms with van der Waals surface area (Å²) >= 11 is 0. The monoisotopic (exact) mass is 298 g/mol. The minimum Gasteiger partial charge on any atom is -0.450 e. The summed E-state index contributed by atoms with van der Waals surface area (Å²) in [5.74, 6) is 0.147. The molecule has 2 amide bonds. The van der Waals surface area contributed by atoms with E-state index in [4.69, 9.17) is 10.5 Å². The van der Waals surface area contributed by atoms with Crippen molar-refractivity contribution in [3.63, 3.8) is 0 Å². The molecule has 0 bridgehead atoms. The van der Waals surface area contributed by atoms with Crippen LogP contribution < -0.4 is 5.73 Å². The summed E-state index contributed by atoms with van der Waals surface area (Å²) < 4.78 is 4.97. The lowest BCUT2D eigenvalue weighted by molar-refractivity contribution is -0.134. The van der Waals surface area contributed by atoms with Gasteiger partial charge in [-0.3, -0.25) is 9.69 Å². The standard InChI is InChI=1S/C14H26N4O3/c1-2-21-14(20)18-9-7-17(8-10-18)13(19)11-16-5-3-12(15)4-6-16/h12H,2-11,15H2,1H3. The zero-order chi connectivity index (χ0) is 15.2. The van der Waals surface area contributed by atoms with Gasteiger partial charge >= 0.3 is 6.09 Å². The smallest absolute Gasteiger partial charge is 0.409 e. The number of likely N-dealkylation sites (tertiary alicyclic amines) is 1. The molecule has 2 saturated heterocycles. The van der Waals surface area contributed by atoms with Crippen molar-refractivity contribution in [1.82, 2.24) is 14.7 Å². The maximum absolute atomic E-state index is 12.3. The van der Waals surface area contributed by atoms with Crippen LogP contribution in [0, 0.1) is 0 Å². The number of hydrogen-bond acceptors (Lipinski definition) is 5. The van der Waals surface area contributed by atoms with Crippen molar-refractivity contribution in [2.24, 2.45) is 5.73 Å². The Bertz CT molecular complexity index is 361. The van der Waals surface area contributed by atoms with Crippen molar-refractivity contribution in [1.29, 1.82) is 0 Å². The number of carbonyl (C=O) groups is 2. The first kappa shape index (κ1) is 16.0. The predicted octanol–water partition coefficient (Wildman–Crippen LogP) is -0.290. The Labute approximate surface area is 126 Å². The fraction of sp³-hybridized carbons (Fsp3) is 0.857. The molecule has 120 valence electrons. The lowest BCUT2D eigenvalue weighted by atomic mass is 10.1. The van der Waals surface area contributed by atoms with Gasteiger partial charge < -0.3 is 20.3 Å². The Morgan fingerprint density at radius 1 is 1.05 bits per heavy atom. The highest BCUT2D eigenvalue weighted by Gasteiger charge is 2.26. The normalized spacial score (nSPS) is 21.4. The molecule has 0 atom stereocenters. The Balaban J connectivity index is 1.71. The van der Waals surface area contributed by atoms with E-state index in [0.29, 0.717) is 39.3 Å². The summed E-state index contributed by atoms with van der Waals surface area (Å²) in [6.45, 7) is 6.72. The van der Waals surface area contributed by atoms with Gasteiger partial charge in [0.25, 0.3) is 0 Å². The number of nitrogens with two attached hydrogens (primary N) is 1. The summed E-state index contributed by atoms with van der Waals surface area (Å²) in [7, 11) is 0. The molecule has 2 rings (SSSR count). The largest absolute Gasteiger partial charge is 0.450 e. The number of piperazine rings is 1. The summed E-state index contributed by atoms with van der Waals surface area (Å²) in [5.41, 5.74) is 5.87. The average Bonchev–Trinajstić information content (AvgIpc) is 2.50. The van der Waals surface area contributed by atoms with E-state index < -0.39 is 0 Å². The van der Waals surface area contributed by atoms with Gasteiger partial charge in [-0.2, -0.15) is 0 Å². The number of piperidine rings is 1. The van der Waals surface area contributed by atoms with Crippen LogP contribution in [0.4, 0.5) is 4.79 Å². The molecule has 0 unspecified atom stereocenters. The second kappa shape index (κ2) is 7.61. The van der Waals surface area contributed by atoms with E-state index >= 15 is 0 Å². The highest BCUT2D eigenvalue weighted by Crippen LogP contribution is 2.10. The van der Waals surface area contributed by atoms with E-state index in [1.165, 1.54) is 0 Å². The molecular weight excluding hydrogens is 272 g/mol. The SMILES string of the molecule is CCOC(=O)N1CCN(C(=O)CN2CCC(N)CC2)CC1. The summed E-state index contributed by atoms with van der Waals surface area (Å²) in [4.78, 5) is 29.5. The van der Waals surface area contributed by atoms with Crippen LogP contribution >= 0.6 is 0 Å². The minimum atomic E-state index is -0.283. The molecule has 0 aromatic carbocycles. The molecule has 2 aliphatic heterocycles. The summed E-state index contributed by atoms with van der Waals surface area (Å²) in [6.07, 6.45) is 1.64. The fourth-order valence-electron chi connectivity index (χ4n) is 2.76. The molecule has 0 spiro atoms. The van der Waals surface area contributed by atoms with Crippen LogP contribution in [0.3, 0.4) is 0 Å². The third-order valence-corrected chi connectivity index (χ3v) is 4.15. The minimum absolute atomic E-state index is 0.147. The van der Waals surface area contributed by atoms with Crippen LogP contribution in [0.15, 0.2) is 0 Å². The lowest BCUT2D eigenvalue weighted by Crippen LogP contribution is -2.53. The summed E-state index contributed by atoms with van der Waals surface area (Å²) in [5, 5.41) is 0. The molecule has 0 aliphatic carbocycles. The third kappa shape index (κ3) is 4.57. The second-order valence-electron chi connectivity index (χ2n) is 5.68. The zero-order valence-electron chi connectivity index (χ0n) is 12.8. The van der Waals surface area contributed by atoms with Crippen molar-refractivity contribution in [3.8, 4) is 0 Å². The van der Waals surface area contributed by atoms with Gasteiger partial charge in [0, 0.05) is 45.3 Å². The van der Waals surface area contributed by atoms with E-state index in [9.17, 15) is 9.59 Å². The topological polar surface area (TPSA) is 79.1 Å². The van der Waals surface area contributed by atoms with Gasteiger partial charge in [0.15, 0.2) is 0 Å². The fourth-order valence-corrected chi connectivity index (χ4v) is 2.76. The highest BCUT2D eigenvalue weighted by molar-refractivity contribution is 5.78. The number of rotatable bonds is 3. The Morgan fingerprint density at radius 3 is 2.19 bits per heavy atom. The maximum Gasteiger partial charge on any atom is 0.409 e. The lowest BCUT2D eigenvalue weighted by Gasteiger charge is -2.36. The Kier molecular flexibility index (Phi) is 5.81. The van der Waals surface area contributed by atoms with Crippen LogP contribution in [0.25, 0.3) is 0 Å². The number of amides is 2. The molecule has 21 heavy (non-hydrogen) atoms. The van der Waals surface area contributed by atoms with Crippen molar-refractivity contribution < 1.29 is 14.3 Å². The van der Waals surface area contributed by atoms with Gasteiger partial charge in [0.2, 0.25) is 5.91 Å².